The van der Waals surface area contributed by atoms with Gasteiger partial charge in [0.25, 0.3) is 0 Å². The van der Waals surface area contributed by atoms with Crippen LogP contribution in [0.25, 0.3) is 0 Å². The summed E-state index contributed by atoms with van der Waals surface area (Å²) in [5, 5.41) is 9.76. The van der Waals surface area contributed by atoms with E-state index in [1.807, 2.05) is 23.3 Å². The molecule has 1 atom stereocenters. The predicted octanol–water partition coefficient (Wildman–Crippen LogP) is 1.91. The van der Waals surface area contributed by atoms with Gasteiger partial charge in [0.15, 0.2) is 0 Å². The molecule has 0 spiro atoms. The van der Waals surface area contributed by atoms with E-state index in [1.54, 1.807) is 16.6 Å². The van der Waals surface area contributed by atoms with Crippen LogP contribution in [0.5, 0.6) is 0 Å². The Morgan fingerprint density at radius 2 is 2.19 bits per heavy atom. The van der Waals surface area contributed by atoms with Crippen LogP contribution in [0, 0.1) is 0 Å². The lowest BCUT2D eigenvalue weighted by Crippen LogP contribution is -2.41. The Kier molecular flexibility index (Phi) is 5.76. The van der Waals surface area contributed by atoms with Gasteiger partial charge in [0.2, 0.25) is 10.0 Å². The minimum Gasteiger partial charge on any atom is -0.390 e. The van der Waals surface area contributed by atoms with Crippen LogP contribution in [0.15, 0.2) is 17.2 Å². The molecular weight excluding hydrogens is 308 g/mol. The quantitative estimate of drug-likeness (QED) is 0.864. The molecule has 1 N–H and O–H groups in total. The third-order valence-electron chi connectivity index (χ3n) is 3.78. The highest BCUT2D eigenvalue weighted by atomic mass is 32.2. The van der Waals surface area contributed by atoms with Crippen molar-refractivity contribution in [2.24, 2.45) is 0 Å². The Hall–Kier alpha value is -0.500. The normalized spacial score (nSPS) is 20.8. The first-order valence-corrected chi connectivity index (χ1v) is 9.93. The minimum absolute atomic E-state index is 0.136. The van der Waals surface area contributed by atoms with Gasteiger partial charge < -0.3 is 9.67 Å². The number of aliphatic hydroxyl groups is 1. The monoisotopic (exact) mass is 332 g/mol. The molecule has 1 saturated heterocycles. The van der Waals surface area contributed by atoms with Gasteiger partial charge in [0, 0.05) is 42.5 Å². The van der Waals surface area contributed by atoms with Crippen molar-refractivity contribution >= 4 is 21.8 Å². The predicted molar refractivity (Wildman–Crippen MR) is 85.9 cm³/mol. The molecule has 1 aromatic heterocycles. The van der Waals surface area contributed by atoms with Crippen LogP contribution < -0.4 is 0 Å². The summed E-state index contributed by atoms with van der Waals surface area (Å²) in [6.45, 7) is 5.86. The van der Waals surface area contributed by atoms with Crippen molar-refractivity contribution in [1.82, 2.24) is 8.87 Å². The molecule has 0 aliphatic carbocycles. The summed E-state index contributed by atoms with van der Waals surface area (Å²) in [5.41, 5.74) is 0.661. The Labute approximate surface area is 131 Å². The molecule has 2 heterocycles. The lowest BCUT2D eigenvalue weighted by Gasteiger charge is -2.30. The standard InChI is InChI=1S/C14H24N2O3S2/c1-3-5-15-10-14(8-12(15)11-17)21(18,19)16-6-7-20-13(4-2)9-16/h8,10,13,17H,3-7,9,11H2,1-2H3. The van der Waals surface area contributed by atoms with E-state index in [2.05, 4.69) is 6.92 Å². The lowest BCUT2D eigenvalue weighted by atomic mass is 10.3. The van der Waals surface area contributed by atoms with Crippen molar-refractivity contribution < 1.29 is 13.5 Å². The number of sulfonamides is 1. The van der Waals surface area contributed by atoms with Gasteiger partial charge in [-0.25, -0.2) is 8.42 Å². The Morgan fingerprint density at radius 1 is 1.43 bits per heavy atom. The number of aliphatic hydroxyl groups excluding tert-OH is 1. The number of hydrogen-bond acceptors (Lipinski definition) is 4. The summed E-state index contributed by atoms with van der Waals surface area (Å²) in [6, 6.07) is 1.60. The molecule has 1 aromatic rings. The molecule has 1 aliphatic rings. The zero-order valence-corrected chi connectivity index (χ0v) is 14.3. The van der Waals surface area contributed by atoms with E-state index >= 15 is 0 Å². The second kappa shape index (κ2) is 7.17. The van der Waals surface area contributed by atoms with Crippen LogP contribution >= 0.6 is 11.8 Å². The maximum Gasteiger partial charge on any atom is 0.244 e. The fraction of sp³-hybridized carbons (Fsp3) is 0.714. The van der Waals surface area contributed by atoms with Gasteiger partial charge in [-0.15, -0.1) is 0 Å². The third-order valence-corrected chi connectivity index (χ3v) is 6.98. The summed E-state index contributed by atoms with van der Waals surface area (Å²) in [5.74, 6) is 0.847. The smallest absolute Gasteiger partial charge is 0.244 e. The molecule has 21 heavy (non-hydrogen) atoms. The average molecular weight is 332 g/mol. The zero-order chi connectivity index (χ0) is 15.5. The number of rotatable bonds is 6. The number of hydrogen-bond donors (Lipinski definition) is 1. The van der Waals surface area contributed by atoms with Crippen molar-refractivity contribution in [3.8, 4) is 0 Å². The second-order valence-electron chi connectivity index (χ2n) is 5.28. The fourth-order valence-electron chi connectivity index (χ4n) is 2.55. The summed E-state index contributed by atoms with van der Waals surface area (Å²) < 4.78 is 28.9. The third kappa shape index (κ3) is 3.64. The maximum atomic E-state index is 12.8. The Morgan fingerprint density at radius 3 is 2.81 bits per heavy atom. The Bertz CT molecular complexity index is 569. The largest absolute Gasteiger partial charge is 0.390 e. The van der Waals surface area contributed by atoms with E-state index < -0.39 is 10.0 Å². The maximum absolute atomic E-state index is 12.8. The molecule has 7 heteroatoms. The molecule has 0 radical (unpaired) electrons. The van der Waals surface area contributed by atoms with Crippen molar-refractivity contribution in [2.75, 3.05) is 18.8 Å². The van der Waals surface area contributed by atoms with E-state index in [0.29, 0.717) is 28.9 Å². The summed E-state index contributed by atoms with van der Waals surface area (Å²) in [6.07, 6.45) is 3.54. The van der Waals surface area contributed by atoms with Gasteiger partial charge in [-0.1, -0.05) is 13.8 Å². The van der Waals surface area contributed by atoms with Gasteiger partial charge in [-0.2, -0.15) is 16.1 Å². The number of aromatic nitrogens is 1. The zero-order valence-electron chi connectivity index (χ0n) is 12.7. The molecule has 1 aliphatic heterocycles. The number of thioether (sulfide) groups is 1. The molecule has 0 aromatic carbocycles. The van der Waals surface area contributed by atoms with Gasteiger partial charge in [0.1, 0.15) is 4.90 Å². The van der Waals surface area contributed by atoms with Gasteiger partial charge in [-0.3, -0.25) is 0 Å². The molecule has 2 rings (SSSR count). The van der Waals surface area contributed by atoms with Crippen LogP contribution in [0.2, 0.25) is 0 Å². The molecule has 0 amide bonds. The average Bonchev–Trinajstić information content (AvgIpc) is 2.91. The van der Waals surface area contributed by atoms with E-state index in [9.17, 15) is 13.5 Å². The molecule has 0 bridgehead atoms. The molecule has 1 fully saturated rings. The molecule has 120 valence electrons. The van der Waals surface area contributed by atoms with E-state index in [-0.39, 0.29) is 6.61 Å². The fourth-order valence-corrected chi connectivity index (χ4v) is 5.50. The van der Waals surface area contributed by atoms with Gasteiger partial charge in [0.05, 0.1) is 6.61 Å². The summed E-state index contributed by atoms with van der Waals surface area (Å²) in [4.78, 5) is 0.307. The van der Waals surface area contributed by atoms with Gasteiger partial charge >= 0.3 is 0 Å². The number of nitrogens with zero attached hydrogens (tertiary/aromatic N) is 2. The number of aryl methyl sites for hydroxylation is 1. The van der Waals surface area contributed by atoms with Crippen LogP contribution in [0.3, 0.4) is 0 Å². The first-order chi connectivity index (χ1) is 10.0. The molecule has 5 nitrogen and oxygen atoms in total. The first kappa shape index (κ1) is 16.9. The highest BCUT2D eigenvalue weighted by molar-refractivity contribution is 8.00. The molecule has 1 unspecified atom stereocenters. The first-order valence-electron chi connectivity index (χ1n) is 7.44. The second-order valence-corrected chi connectivity index (χ2v) is 8.63. The molecular formula is C14H24N2O3S2. The Balaban J connectivity index is 2.26. The lowest BCUT2D eigenvalue weighted by molar-refractivity contribution is 0.270. The van der Waals surface area contributed by atoms with E-state index in [4.69, 9.17) is 0 Å². The summed E-state index contributed by atoms with van der Waals surface area (Å²) in [7, 11) is -3.45. The van der Waals surface area contributed by atoms with Gasteiger partial charge in [-0.05, 0) is 18.9 Å². The van der Waals surface area contributed by atoms with E-state index in [0.717, 1.165) is 25.1 Å². The van der Waals surface area contributed by atoms with Crippen LogP contribution in [0.4, 0.5) is 0 Å². The van der Waals surface area contributed by atoms with E-state index in [1.165, 1.54) is 0 Å². The molecule has 0 saturated carbocycles. The van der Waals surface area contributed by atoms with Crippen molar-refractivity contribution in [1.29, 1.82) is 0 Å². The summed E-state index contributed by atoms with van der Waals surface area (Å²) >= 11 is 1.85. The SMILES string of the molecule is CCCn1cc(S(=O)(=O)N2CCSC(CC)C2)cc1CO. The van der Waals surface area contributed by atoms with Crippen LogP contribution in [-0.4, -0.2) is 46.5 Å². The topological polar surface area (TPSA) is 62.5 Å². The minimum atomic E-state index is -3.45. The van der Waals surface area contributed by atoms with Crippen LogP contribution in [-0.2, 0) is 23.2 Å². The van der Waals surface area contributed by atoms with Crippen molar-refractivity contribution in [3.63, 3.8) is 0 Å². The van der Waals surface area contributed by atoms with Crippen molar-refractivity contribution in [2.45, 2.75) is 50.0 Å². The highest BCUT2D eigenvalue weighted by Crippen LogP contribution is 2.27. The van der Waals surface area contributed by atoms with Crippen molar-refractivity contribution in [3.05, 3.63) is 18.0 Å². The highest BCUT2D eigenvalue weighted by Gasteiger charge is 2.31. The van der Waals surface area contributed by atoms with Crippen LogP contribution in [0.1, 0.15) is 32.4 Å².